The maximum absolute atomic E-state index is 12.4. The Labute approximate surface area is 159 Å². The molecule has 3 rings (SSSR count). The van der Waals surface area contributed by atoms with Gasteiger partial charge >= 0.3 is 6.03 Å². The number of benzene rings is 1. The van der Waals surface area contributed by atoms with E-state index in [-0.39, 0.29) is 11.6 Å². The van der Waals surface area contributed by atoms with Crippen LogP contribution in [-0.2, 0) is 11.8 Å². The lowest BCUT2D eigenvalue weighted by Crippen LogP contribution is -2.57. The number of carbonyl (C=O) groups excluding carboxylic acids is 1. The van der Waals surface area contributed by atoms with E-state index in [0.717, 1.165) is 38.3 Å². The van der Waals surface area contributed by atoms with Crippen molar-refractivity contribution in [3.8, 4) is 11.4 Å². The molecule has 2 heterocycles. The summed E-state index contributed by atoms with van der Waals surface area (Å²) in [7, 11) is 1.78. The average molecular weight is 373 g/mol. The zero-order valence-corrected chi connectivity index (χ0v) is 16.1. The van der Waals surface area contributed by atoms with E-state index in [1.54, 1.807) is 11.7 Å². The summed E-state index contributed by atoms with van der Waals surface area (Å²) in [5.41, 5.74) is 1.44. The highest BCUT2D eigenvalue weighted by Gasteiger charge is 2.31. The highest BCUT2D eigenvalue weighted by atomic mass is 16.5. The number of urea groups is 1. The molecule has 0 aliphatic carbocycles. The second-order valence-electron chi connectivity index (χ2n) is 6.96. The molecule has 9 heteroatoms. The maximum Gasteiger partial charge on any atom is 0.319 e. The number of carbonyl (C=O) groups is 1. The summed E-state index contributed by atoms with van der Waals surface area (Å²) < 4.78 is 7.03. The predicted octanol–water partition coefficient (Wildman–Crippen LogP) is 1.50. The normalized spacial score (nSPS) is 17.3. The van der Waals surface area contributed by atoms with Gasteiger partial charge in [-0.1, -0.05) is 19.1 Å². The second-order valence-corrected chi connectivity index (χ2v) is 6.96. The van der Waals surface area contributed by atoms with E-state index in [4.69, 9.17) is 4.74 Å². The molecule has 2 aromatic rings. The van der Waals surface area contributed by atoms with Crippen molar-refractivity contribution in [1.29, 1.82) is 0 Å². The molecule has 1 aromatic carbocycles. The quantitative estimate of drug-likeness (QED) is 0.796. The summed E-state index contributed by atoms with van der Waals surface area (Å²) in [5.74, 6) is 0.643. The number of nitrogens with zero attached hydrogens (tertiary/aromatic N) is 5. The van der Waals surface area contributed by atoms with Crippen LogP contribution in [0.4, 0.5) is 10.5 Å². The van der Waals surface area contributed by atoms with E-state index in [9.17, 15) is 4.79 Å². The summed E-state index contributed by atoms with van der Waals surface area (Å²) in [6.45, 7) is 8.16. The lowest BCUT2D eigenvalue weighted by atomic mass is 9.95. The number of anilines is 1. The van der Waals surface area contributed by atoms with Gasteiger partial charge in [0.2, 0.25) is 0 Å². The Kier molecular flexibility index (Phi) is 6.02. The Morgan fingerprint density at radius 2 is 2.11 bits per heavy atom. The largest absolute Gasteiger partial charge is 0.379 e. The van der Waals surface area contributed by atoms with Crippen LogP contribution in [0.5, 0.6) is 0 Å². The zero-order valence-electron chi connectivity index (χ0n) is 16.1. The van der Waals surface area contributed by atoms with Gasteiger partial charge in [0, 0.05) is 43.5 Å². The van der Waals surface area contributed by atoms with Gasteiger partial charge in [0.05, 0.1) is 13.2 Å². The summed E-state index contributed by atoms with van der Waals surface area (Å²) in [6, 6.07) is 7.24. The number of hydrogen-bond acceptors (Lipinski definition) is 6. The highest BCUT2D eigenvalue weighted by Crippen LogP contribution is 2.21. The molecule has 2 N–H and O–H groups in total. The lowest BCUT2D eigenvalue weighted by molar-refractivity contribution is -0.0163. The number of tetrazole rings is 1. The summed E-state index contributed by atoms with van der Waals surface area (Å²) >= 11 is 0. The van der Waals surface area contributed by atoms with Crippen molar-refractivity contribution in [3.63, 3.8) is 0 Å². The van der Waals surface area contributed by atoms with Crippen LogP contribution >= 0.6 is 0 Å². The van der Waals surface area contributed by atoms with Crippen molar-refractivity contribution in [2.24, 2.45) is 7.05 Å². The van der Waals surface area contributed by atoms with Crippen LogP contribution in [0.15, 0.2) is 24.3 Å². The molecule has 146 valence electrons. The zero-order chi connectivity index (χ0) is 19.3. The van der Waals surface area contributed by atoms with Gasteiger partial charge in [-0.3, -0.25) is 4.90 Å². The summed E-state index contributed by atoms with van der Waals surface area (Å²) in [6.07, 6.45) is 0.946. The molecule has 1 aliphatic heterocycles. The first-order chi connectivity index (χ1) is 13.0. The van der Waals surface area contributed by atoms with Crippen LogP contribution < -0.4 is 10.6 Å². The number of ether oxygens (including phenoxy) is 1. The van der Waals surface area contributed by atoms with Gasteiger partial charge in [0.25, 0.3) is 0 Å². The van der Waals surface area contributed by atoms with Crippen LogP contribution in [0.25, 0.3) is 11.4 Å². The monoisotopic (exact) mass is 373 g/mol. The van der Waals surface area contributed by atoms with Crippen molar-refractivity contribution >= 4 is 11.7 Å². The summed E-state index contributed by atoms with van der Waals surface area (Å²) in [4.78, 5) is 14.8. The Morgan fingerprint density at radius 1 is 1.33 bits per heavy atom. The molecule has 1 atom stereocenters. The highest BCUT2D eigenvalue weighted by molar-refractivity contribution is 5.90. The first-order valence-corrected chi connectivity index (χ1v) is 9.22. The number of amides is 2. The number of nitrogens with one attached hydrogen (secondary N) is 2. The van der Waals surface area contributed by atoms with Crippen LogP contribution in [0.1, 0.15) is 20.3 Å². The fraction of sp³-hybridized carbons (Fsp3) is 0.556. The molecule has 1 unspecified atom stereocenters. The first-order valence-electron chi connectivity index (χ1n) is 9.22. The van der Waals surface area contributed by atoms with Gasteiger partial charge in [0.15, 0.2) is 5.82 Å². The van der Waals surface area contributed by atoms with E-state index < -0.39 is 0 Å². The third kappa shape index (κ3) is 4.61. The van der Waals surface area contributed by atoms with Gasteiger partial charge in [0.1, 0.15) is 0 Å². The van der Waals surface area contributed by atoms with E-state index in [2.05, 4.69) is 44.9 Å². The van der Waals surface area contributed by atoms with Crippen molar-refractivity contribution < 1.29 is 9.53 Å². The molecule has 0 spiro atoms. The number of aromatic nitrogens is 4. The molecule has 2 amide bonds. The molecule has 1 aromatic heterocycles. The van der Waals surface area contributed by atoms with Crippen LogP contribution in [0.2, 0.25) is 0 Å². The van der Waals surface area contributed by atoms with Crippen molar-refractivity contribution in [3.05, 3.63) is 24.3 Å². The van der Waals surface area contributed by atoms with E-state index in [0.29, 0.717) is 18.1 Å². The van der Waals surface area contributed by atoms with Gasteiger partial charge in [-0.25, -0.2) is 9.48 Å². The SMILES string of the molecule is CCC(C)(CNC(=O)Nc1cccc(-c2nnnn2C)c1)N1CCOCC1. The van der Waals surface area contributed by atoms with Crippen molar-refractivity contribution in [1.82, 2.24) is 30.4 Å². The Hall–Kier alpha value is -2.52. The van der Waals surface area contributed by atoms with E-state index in [1.165, 1.54) is 0 Å². The second kappa shape index (κ2) is 8.45. The minimum atomic E-state index is -0.226. The fourth-order valence-corrected chi connectivity index (χ4v) is 3.22. The Balaban J connectivity index is 1.60. The van der Waals surface area contributed by atoms with E-state index in [1.807, 2.05) is 24.3 Å². The van der Waals surface area contributed by atoms with Crippen molar-refractivity contribution in [2.75, 3.05) is 38.2 Å². The number of hydrogen-bond donors (Lipinski definition) is 2. The fourth-order valence-electron chi connectivity index (χ4n) is 3.22. The smallest absolute Gasteiger partial charge is 0.319 e. The van der Waals surface area contributed by atoms with Gasteiger partial charge < -0.3 is 15.4 Å². The minimum Gasteiger partial charge on any atom is -0.379 e. The molecule has 0 saturated carbocycles. The van der Waals surface area contributed by atoms with E-state index >= 15 is 0 Å². The van der Waals surface area contributed by atoms with Crippen molar-refractivity contribution in [2.45, 2.75) is 25.8 Å². The molecule has 27 heavy (non-hydrogen) atoms. The predicted molar refractivity (Wildman–Crippen MR) is 102 cm³/mol. The maximum atomic E-state index is 12.4. The standard InChI is InChI=1S/C18H27N7O2/c1-4-18(2,25-8-10-27-11-9-25)13-19-17(26)20-15-7-5-6-14(12-15)16-21-22-23-24(16)3/h5-7,12H,4,8-11,13H2,1-3H3,(H2,19,20,26). The molecule has 0 bridgehead atoms. The van der Waals surface area contributed by atoms with Gasteiger partial charge in [-0.2, -0.15) is 0 Å². The third-order valence-corrected chi connectivity index (χ3v) is 5.16. The third-order valence-electron chi connectivity index (χ3n) is 5.16. The van der Waals surface area contributed by atoms with Crippen LogP contribution in [0.3, 0.4) is 0 Å². The molecule has 1 aliphatic rings. The van der Waals surface area contributed by atoms with Crippen LogP contribution in [0, 0.1) is 0 Å². The molecule has 1 fully saturated rings. The minimum absolute atomic E-state index is 0.0900. The number of rotatable bonds is 6. The molecule has 1 saturated heterocycles. The molecular weight excluding hydrogens is 346 g/mol. The summed E-state index contributed by atoms with van der Waals surface area (Å²) in [5, 5.41) is 17.4. The number of aryl methyl sites for hydroxylation is 1. The topological polar surface area (TPSA) is 97.2 Å². The first kappa shape index (κ1) is 19.2. The Bertz CT molecular complexity index is 773. The number of morpholine rings is 1. The van der Waals surface area contributed by atoms with Gasteiger partial charge in [-0.15, -0.1) is 5.10 Å². The molecular formula is C18H27N7O2. The Morgan fingerprint density at radius 3 is 2.78 bits per heavy atom. The van der Waals surface area contributed by atoms with Gasteiger partial charge in [-0.05, 0) is 35.9 Å². The lowest BCUT2D eigenvalue weighted by Gasteiger charge is -2.43. The van der Waals surface area contributed by atoms with Crippen LogP contribution in [-0.4, -0.2) is 69.5 Å². The molecule has 9 nitrogen and oxygen atoms in total. The average Bonchev–Trinajstić information content (AvgIpc) is 3.13. The molecule has 0 radical (unpaired) electrons.